The molecule has 4 aromatic rings. The van der Waals surface area contributed by atoms with Crippen molar-refractivity contribution in [3.63, 3.8) is 0 Å². The SMILES string of the molecule is Cl.NC1(c2ccc(-n3cccn3)cc2)CC1.O=C(O)NC1(c2ccc(-n3cccn3)cc2)CC1. The minimum Gasteiger partial charge on any atom is -0.465 e. The van der Waals surface area contributed by atoms with Gasteiger partial charge in [0, 0.05) is 30.3 Å². The summed E-state index contributed by atoms with van der Waals surface area (Å²) < 4.78 is 3.62. The molecule has 0 bridgehead atoms. The van der Waals surface area contributed by atoms with Crippen molar-refractivity contribution in [2.45, 2.75) is 36.8 Å². The summed E-state index contributed by atoms with van der Waals surface area (Å²) in [6, 6.07) is 19.9. The van der Waals surface area contributed by atoms with Gasteiger partial charge in [0.2, 0.25) is 0 Å². The van der Waals surface area contributed by atoms with Crippen molar-refractivity contribution >= 4 is 18.5 Å². The first kappa shape index (κ1) is 23.5. The van der Waals surface area contributed by atoms with E-state index >= 15 is 0 Å². The monoisotopic (exact) mass is 478 g/mol. The number of hydrogen-bond acceptors (Lipinski definition) is 4. The van der Waals surface area contributed by atoms with Crippen LogP contribution in [0.15, 0.2) is 85.5 Å². The van der Waals surface area contributed by atoms with Gasteiger partial charge in [-0.15, -0.1) is 12.4 Å². The number of hydrogen-bond donors (Lipinski definition) is 3. The summed E-state index contributed by atoms with van der Waals surface area (Å²) in [5.74, 6) is 0. The van der Waals surface area contributed by atoms with Gasteiger partial charge in [0.05, 0.1) is 16.9 Å². The number of benzene rings is 2. The number of amides is 1. The van der Waals surface area contributed by atoms with Gasteiger partial charge >= 0.3 is 6.09 Å². The minimum absolute atomic E-state index is 0. The molecule has 2 aliphatic rings. The van der Waals surface area contributed by atoms with Crippen LogP contribution >= 0.6 is 12.4 Å². The van der Waals surface area contributed by atoms with Crippen molar-refractivity contribution in [1.29, 1.82) is 0 Å². The molecule has 2 aromatic heterocycles. The average molecular weight is 479 g/mol. The number of nitrogens with zero attached hydrogens (tertiary/aromatic N) is 4. The summed E-state index contributed by atoms with van der Waals surface area (Å²) in [5, 5.41) is 19.8. The fourth-order valence-electron chi connectivity index (χ4n) is 3.96. The summed E-state index contributed by atoms with van der Waals surface area (Å²) in [6.45, 7) is 0. The standard InChI is InChI=1S/C13H13N3O2.C12H13N3.ClH/c17-12(18)15-13(6-7-13)10-2-4-11(5-3-10)16-9-1-8-14-16;13-12(6-7-12)10-2-4-11(5-3-10)15-9-1-8-14-15;/h1-5,8-9,15H,6-7H2,(H,17,18);1-5,8-9H,6-7,13H2;1H. The summed E-state index contributed by atoms with van der Waals surface area (Å²) in [5.41, 5.74) is 10.0. The number of rotatable bonds is 5. The maximum Gasteiger partial charge on any atom is 0.405 e. The van der Waals surface area contributed by atoms with Gasteiger partial charge in [-0.25, -0.2) is 14.2 Å². The first-order valence-electron chi connectivity index (χ1n) is 11.0. The quantitative estimate of drug-likeness (QED) is 0.394. The molecule has 2 fully saturated rings. The Balaban J connectivity index is 0.000000159. The van der Waals surface area contributed by atoms with Gasteiger partial charge in [-0.3, -0.25) is 0 Å². The Morgan fingerprint density at radius 1 is 0.824 bits per heavy atom. The maximum atomic E-state index is 10.8. The number of halogens is 1. The van der Waals surface area contributed by atoms with E-state index in [2.05, 4.69) is 39.8 Å². The third-order valence-corrected chi connectivity index (χ3v) is 6.28. The lowest BCUT2D eigenvalue weighted by Gasteiger charge is -2.16. The molecule has 0 spiro atoms. The fraction of sp³-hybridized carbons (Fsp3) is 0.240. The highest BCUT2D eigenvalue weighted by Gasteiger charge is 2.45. The van der Waals surface area contributed by atoms with E-state index in [1.807, 2.05) is 53.5 Å². The molecule has 0 saturated heterocycles. The summed E-state index contributed by atoms with van der Waals surface area (Å²) in [7, 11) is 0. The predicted octanol–water partition coefficient (Wildman–Crippen LogP) is 4.37. The molecule has 9 heteroatoms. The highest BCUT2D eigenvalue weighted by atomic mass is 35.5. The largest absolute Gasteiger partial charge is 0.465 e. The molecule has 0 radical (unpaired) electrons. The van der Waals surface area contributed by atoms with Gasteiger partial charge in [-0.05, 0) is 73.2 Å². The Labute approximate surface area is 203 Å². The van der Waals surface area contributed by atoms with E-state index in [0.717, 1.165) is 42.6 Å². The van der Waals surface area contributed by atoms with Crippen LogP contribution in [-0.2, 0) is 11.1 Å². The zero-order valence-electron chi connectivity index (χ0n) is 18.5. The second-order valence-electron chi connectivity index (χ2n) is 8.66. The molecule has 2 saturated carbocycles. The van der Waals surface area contributed by atoms with Crippen LogP contribution in [0.1, 0.15) is 36.8 Å². The lowest BCUT2D eigenvalue weighted by atomic mass is 10.0. The molecule has 6 rings (SSSR count). The van der Waals surface area contributed by atoms with Crippen LogP contribution in [0.4, 0.5) is 4.79 Å². The van der Waals surface area contributed by atoms with E-state index < -0.39 is 6.09 Å². The number of carbonyl (C=O) groups is 1. The van der Waals surface area contributed by atoms with Gasteiger partial charge in [0.15, 0.2) is 0 Å². The first-order chi connectivity index (χ1) is 16.0. The van der Waals surface area contributed by atoms with Crippen LogP contribution in [0.3, 0.4) is 0 Å². The van der Waals surface area contributed by atoms with Crippen molar-refractivity contribution in [3.8, 4) is 11.4 Å². The van der Waals surface area contributed by atoms with Crippen LogP contribution in [0, 0.1) is 0 Å². The van der Waals surface area contributed by atoms with E-state index in [0.29, 0.717) is 0 Å². The van der Waals surface area contributed by atoms with Gasteiger partial charge in [-0.1, -0.05) is 24.3 Å². The molecule has 0 aliphatic heterocycles. The lowest BCUT2D eigenvalue weighted by Crippen LogP contribution is -2.33. The van der Waals surface area contributed by atoms with Crippen molar-refractivity contribution in [3.05, 3.63) is 96.6 Å². The summed E-state index contributed by atoms with van der Waals surface area (Å²) >= 11 is 0. The molecular weight excluding hydrogens is 452 g/mol. The molecule has 2 heterocycles. The zero-order valence-corrected chi connectivity index (χ0v) is 19.4. The number of carboxylic acid groups (broad SMARTS) is 1. The predicted molar refractivity (Wildman–Crippen MR) is 132 cm³/mol. The Morgan fingerprint density at radius 3 is 1.65 bits per heavy atom. The Bertz CT molecular complexity index is 1210. The second-order valence-corrected chi connectivity index (χ2v) is 8.66. The molecule has 8 nitrogen and oxygen atoms in total. The van der Waals surface area contributed by atoms with Crippen LogP contribution in [0.2, 0.25) is 0 Å². The van der Waals surface area contributed by atoms with E-state index in [-0.39, 0.29) is 23.5 Å². The zero-order chi connectivity index (χ0) is 22.9. The molecule has 34 heavy (non-hydrogen) atoms. The molecule has 2 aromatic carbocycles. The molecule has 1 amide bonds. The van der Waals surface area contributed by atoms with Gasteiger partial charge in [0.25, 0.3) is 0 Å². The van der Waals surface area contributed by atoms with Crippen molar-refractivity contribution in [2.75, 3.05) is 0 Å². The van der Waals surface area contributed by atoms with Crippen LogP contribution in [-0.4, -0.2) is 30.8 Å². The Kier molecular flexibility index (Phi) is 6.45. The number of nitrogens with two attached hydrogens (primary N) is 1. The molecule has 176 valence electrons. The average Bonchev–Trinajstić information content (AvgIpc) is 3.59. The summed E-state index contributed by atoms with van der Waals surface area (Å²) in [6.07, 6.45) is 10.3. The third-order valence-electron chi connectivity index (χ3n) is 6.28. The van der Waals surface area contributed by atoms with Gasteiger partial charge in [0.1, 0.15) is 0 Å². The van der Waals surface area contributed by atoms with Crippen molar-refractivity contribution in [1.82, 2.24) is 24.9 Å². The minimum atomic E-state index is -0.969. The number of aromatic nitrogens is 4. The van der Waals surface area contributed by atoms with Crippen LogP contribution < -0.4 is 11.1 Å². The van der Waals surface area contributed by atoms with E-state index in [9.17, 15) is 4.79 Å². The first-order valence-corrected chi connectivity index (χ1v) is 11.0. The van der Waals surface area contributed by atoms with Crippen LogP contribution in [0.5, 0.6) is 0 Å². The highest BCUT2D eigenvalue weighted by Crippen LogP contribution is 2.45. The normalized spacial score (nSPS) is 16.4. The topological polar surface area (TPSA) is 111 Å². The smallest absolute Gasteiger partial charge is 0.405 e. The third kappa shape index (κ3) is 4.98. The molecule has 2 aliphatic carbocycles. The van der Waals surface area contributed by atoms with Crippen LogP contribution in [0.25, 0.3) is 11.4 Å². The van der Waals surface area contributed by atoms with Crippen molar-refractivity contribution < 1.29 is 9.90 Å². The number of nitrogens with one attached hydrogen (secondary N) is 1. The molecule has 4 N–H and O–H groups in total. The maximum absolute atomic E-state index is 10.8. The van der Waals surface area contributed by atoms with E-state index in [1.165, 1.54) is 5.56 Å². The fourth-order valence-corrected chi connectivity index (χ4v) is 3.96. The second kappa shape index (κ2) is 9.32. The van der Waals surface area contributed by atoms with Crippen molar-refractivity contribution in [2.24, 2.45) is 5.73 Å². The Hall–Kier alpha value is -3.62. The molecule has 0 unspecified atom stereocenters. The summed E-state index contributed by atoms with van der Waals surface area (Å²) in [4.78, 5) is 10.8. The van der Waals surface area contributed by atoms with Gasteiger partial charge in [-0.2, -0.15) is 10.2 Å². The van der Waals surface area contributed by atoms with Gasteiger partial charge < -0.3 is 16.2 Å². The molecule has 0 atom stereocenters. The van der Waals surface area contributed by atoms with E-state index in [1.54, 1.807) is 17.1 Å². The molecular formula is C25H27ClN6O2. The Morgan fingerprint density at radius 2 is 1.29 bits per heavy atom. The highest BCUT2D eigenvalue weighted by molar-refractivity contribution is 5.85. The lowest BCUT2D eigenvalue weighted by molar-refractivity contribution is 0.188. The van der Waals surface area contributed by atoms with E-state index in [4.69, 9.17) is 10.8 Å².